The van der Waals surface area contributed by atoms with Crippen molar-refractivity contribution in [2.75, 3.05) is 32.5 Å². The number of nitrogens with zero attached hydrogens (tertiary/aromatic N) is 3. The lowest BCUT2D eigenvalue weighted by Gasteiger charge is -2.33. The second-order valence-electron chi connectivity index (χ2n) is 5.85. The number of nitro benzene ring substituents is 1. The summed E-state index contributed by atoms with van der Waals surface area (Å²) >= 11 is 5.75. The van der Waals surface area contributed by atoms with E-state index in [0.29, 0.717) is 31.6 Å². The largest absolute Gasteiger partial charge is 0.331 e. The summed E-state index contributed by atoms with van der Waals surface area (Å²) in [6.45, 7) is 1.02. The summed E-state index contributed by atoms with van der Waals surface area (Å²) < 4.78 is 0. The van der Waals surface area contributed by atoms with Crippen molar-refractivity contribution in [3.63, 3.8) is 0 Å². The van der Waals surface area contributed by atoms with E-state index in [1.165, 1.54) is 23.1 Å². The second-order valence-corrected chi connectivity index (χ2v) is 6.26. The Bertz CT molecular complexity index is 657. The highest BCUT2D eigenvalue weighted by Crippen LogP contribution is 2.28. The van der Waals surface area contributed by atoms with E-state index in [4.69, 9.17) is 11.6 Å². The number of hydrogen-bond donors (Lipinski definition) is 1. The quantitative estimate of drug-likeness (QED) is 0.666. The van der Waals surface area contributed by atoms with Crippen LogP contribution in [-0.2, 0) is 4.79 Å². The van der Waals surface area contributed by atoms with Crippen LogP contribution in [0.15, 0.2) is 18.2 Å². The predicted octanol–water partition coefficient (Wildman–Crippen LogP) is 2.58. The number of hydrogen-bond acceptors (Lipinski definition) is 4. The lowest BCUT2D eigenvalue weighted by atomic mass is 9.96. The van der Waals surface area contributed by atoms with E-state index in [2.05, 4.69) is 5.32 Å². The average Bonchev–Trinajstić information content (AvgIpc) is 2.55. The van der Waals surface area contributed by atoms with Crippen LogP contribution in [0.3, 0.4) is 0 Å². The van der Waals surface area contributed by atoms with Crippen molar-refractivity contribution in [1.29, 1.82) is 0 Å². The third-order valence-corrected chi connectivity index (χ3v) is 4.25. The number of piperidine rings is 1. The first kappa shape index (κ1) is 18.0. The lowest BCUT2D eigenvalue weighted by molar-refractivity contribution is -0.384. The van der Waals surface area contributed by atoms with Crippen LogP contribution < -0.4 is 5.32 Å². The smallest absolute Gasteiger partial charge is 0.319 e. The summed E-state index contributed by atoms with van der Waals surface area (Å²) in [5, 5.41) is 13.6. The number of rotatable bonds is 3. The zero-order valence-corrected chi connectivity index (χ0v) is 14.2. The maximum Gasteiger partial charge on any atom is 0.319 e. The highest BCUT2D eigenvalue weighted by atomic mass is 35.5. The Hall–Kier alpha value is -2.35. The van der Waals surface area contributed by atoms with Crippen LogP contribution in [0.2, 0.25) is 5.02 Å². The number of amides is 3. The Labute approximate surface area is 144 Å². The molecule has 0 spiro atoms. The number of nitro groups is 1. The van der Waals surface area contributed by atoms with Crippen LogP contribution in [0.1, 0.15) is 12.8 Å². The molecule has 0 saturated carbocycles. The number of benzene rings is 1. The molecular weight excluding hydrogens is 336 g/mol. The van der Waals surface area contributed by atoms with Crippen LogP contribution in [0.25, 0.3) is 0 Å². The monoisotopic (exact) mass is 354 g/mol. The molecule has 9 heteroatoms. The van der Waals surface area contributed by atoms with Gasteiger partial charge in [-0.1, -0.05) is 11.6 Å². The molecule has 0 unspecified atom stereocenters. The molecule has 8 nitrogen and oxygen atoms in total. The molecule has 2 rings (SSSR count). The molecule has 3 amide bonds. The number of halogens is 1. The van der Waals surface area contributed by atoms with Gasteiger partial charge in [0.05, 0.1) is 4.92 Å². The minimum atomic E-state index is -0.594. The molecule has 24 heavy (non-hydrogen) atoms. The third-order valence-electron chi connectivity index (χ3n) is 3.93. The van der Waals surface area contributed by atoms with E-state index < -0.39 is 4.92 Å². The van der Waals surface area contributed by atoms with Crippen LogP contribution in [0.4, 0.5) is 16.2 Å². The molecular formula is C15H19ClN4O4. The molecule has 1 N–H and O–H groups in total. The first-order valence-corrected chi connectivity index (χ1v) is 7.88. The van der Waals surface area contributed by atoms with Gasteiger partial charge in [-0.05, 0) is 25.0 Å². The van der Waals surface area contributed by atoms with Gasteiger partial charge >= 0.3 is 6.03 Å². The number of carbonyl (C=O) groups is 2. The average molecular weight is 355 g/mol. The molecule has 0 aromatic heterocycles. The van der Waals surface area contributed by atoms with Gasteiger partial charge in [0.25, 0.3) is 5.69 Å². The Kier molecular flexibility index (Phi) is 5.61. The number of anilines is 1. The molecule has 0 atom stereocenters. The van der Waals surface area contributed by atoms with Crippen LogP contribution in [0, 0.1) is 16.0 Å². The lowest BCUT2D eigenvalue weighted by Crippen LogP contribution is -2.45. The summed E-state index contributed by atoms with van der Waals surface area (Å²) in [6, 6.07) is 4.08. The van der Waals surface area contributed by atoms with Gasteiger partial charge in [0.2, 0.25) is 5.91 Å². The SMILES string of the molecule is CN(C)C(=O)N1CCC(C(=O)Nc2ccc(Cl)c([N+](=O)[O-])c2)CC1. The Morgan fingerprint density at radius 1 is 1.33 bits per heavy atom. The van der Waals surface area contributed by atoms with Gasteiger partial charge in [-0.3, -0.25) is 14.9 Å². The Morgan fingerprint density at radius 3 is 2.50 bits per heavy atom. The summed E-state index contributed by atoms with van der Waals surface area (Å²) in [7, 11) is 3.38. The Balaban J connectivity index is 1.96. The zero-order valence-electron chi connectivity index (χ0n) is 13.5. The van der Waals surface area contributed by atoms with Gasteiger partial charge in [0.15, 0.2) is 0 Å². The van der Waals surface area contributed by atoms with Crippen LogP contribution in [0.5, 0.6) is 0 Å². The van der Waals surface area contributed by atoms with E-state index in [9.17, 15) is 19.7 Å². The van der Waals surface area contributed by atoms with Crippen molar-refractivity contribution in [2.24, 2.45) is 5.92 Å². The van der Waals surface area contributed by atoms with Crippen molar-refractivity contribution in [2.45, 2.75) is 12.8 Å². The topological polar surface area (TPSA) is 95.8 Å². The van der Waals surface area contributed by atoms with E-state index in [1.807, 2.05) is 0 Å². The first-order valence-electron chi connectivity index (χ1n) is 7.50. The fourth-order valence-electron chi connectivity index (χ4n) is 2.59. The number of likely N-dealkylation sites (tertiary alicyclic amines) is 1. The Morgan fingerprint density at radius 2 is 1.96 bits per heavy atom. The van der Waals surface area contributed by atoms with Gasteiger partial charge < -0.3 is 15.1 Å². The minimum absolute atomic E-state index is 0.0218. The van der Waals surface area contributed by atoms with Gasteiger partial charge in [-0.25, -0.2) is 4.79 Å². The van der Waals surface area contributed by atoms with Crippen LogP contribution >= 0.6 is 11.6 Å². The normalized spacial score (nSPS) is 15.0. The predicted molar refractivity (Wildman–Crippen MR) is 90.1 cm³/mol. The molecule has 1 saturated heterocycles. The minimum Gasteiger partial charge on any atom is -0.331 e. The number of nitrogens with one attached hydrogen (secondary N) is 1. The molecule has 1 fully saturated rings. The second kappa shape index (κ2) is 7.48. The zero-order chi connectivity index (χ0) is 17.9. The molecule has 0 radical (unpaired) electrons. The maximum atomic E-state index is 12.3. The fourth-order valence-corrected chi connectivity index (χ4v) is 2.78. The number of urea groups is 1. The van der Waals surface area contributed by atoms with E-state index in [0.717, 1.165) is 0 Å². The number of carbonyl (C=O) groups excluding carboxylic acids is 2. The first-order chi connectivity index (χ1) is 11.3. The molecule has 1 heterocycles. The van der Waals surface area contributed by atoms with Crippen molar-refractivity contribution >= 4 is 34.9 Å². The molecule has 1 aromatic carbocycles. The molecule has 0 bridgehead atoms. The molecule has 130 valence electrons. The van der Waals surface area contributed by atoms with Crippen LogP contribution in [-0.4, -0.2) is 53.8 Å². The van der Waals surface area contributed by atoms with Gasteiger partial charge in [0, 0.05) is 44.9 Å². The van der Waals surface area contributed by atoms with Gasteiger partial charge in [-0.15, -0.1) is 0 Å². The van der Waals surface area contributed by atoms with Gasteiger partial charge in [0.1, 0.15) is 5.02 Å². The summed E-state index contributed by atoms with van der Waals surface area (Å²) in [5.74, 6) is -0.436. The molecule has 0 aliphatic carbocycles. The van der Waals surface area contributed by atoms with Crippen molar-refractivity contribution in [3.05, 3.63) is 33.3 Å². The highest BCUT2D eigenvalue weighted by Gasteiger charge is 2.28. The summed E-state index contributed by atoms with van der Waals surface area (Å²) in [4.78, 5) is 37.7. The highest BCUT2D eigenvalue weighted by molar-refractivity contribution is 6.32. The van der Waals surface area contributed by atoms with E-state index in [-0.39, 0.29) is 28.6 Å². The fraction of sp³-hybridized carbons (Fsp3) is 0.467. The summed E-state index contributed by atoms with van der Waals surface area (Å²) in [6.07, 6.45) is 1.11. The molecule has 1 aromatic rings. The maximum absolute atomic E-state index is 12.3. The van der Waals surface area contributed by atoms with Crippen molar-refractivity contribution < 1.29 is 14.5 Å². The standard InChI is InChI=1S/C15H19ClN4O4/c1-18(2)15(22)19-7-5-10(6-8-19)14(21)17-11-3-4-12(16)13(9-11)20(23)24/h3-4,9-10H,5-8H2,1-2H3,(H,17,21). The van der Waals surface area contributed by atoms with Gasteiger partial charge in [-0.2, -0.15) is 0 Å². The van der Waals surface area contributed by atoms with E-state index >= 15 is 0 Å². The van der Waals surface area contributed by atoms with Crippen molar-refractivity contribution in [3.8, 4) is 0 Å². The molecule has 1 aliphatic heterocycles. The van der Waals surface area contributed by atoms with Crippen molar-refractivity contribution in [1.82, 2.24) is 9.80 Å². The summed E-state index contributed by atoms with van der Waals surface area (Å²) in [5.41, 5.74) is 0.0868. The third kappa shape index (κ3) is 4.14. The molecule has 1 aliphatic rings. The van der Waals surface area contributed by atoms with E-state index in [1.54, 1.807) is 19.0 Å².